The number of amidine groups is 1. The summed E-state index contributed by atoms with van der Waals surface area (Å²) in [6.07, 6.45) is 1.86. The summed E-state index contributed by atoms with van der Waals surface area (Å²) in [6.45, 7) is 1.93. The average Bonchev–Trinajstić information content (AvgIpc) is 3.29. The van der Waals surface area contributed by atoms with Crippen LogP contribution < -0.4 is 5.32 Å². The number of hydrogen-bond acceptors (Lipinski definition) is 5. The van der Waals surface area contributed by atoms with Crippen molar-refractivity contribution in [3.63, 3.8) is 0 Å². The van der Waals surface area contributed by atoms with Crippen molar-refractivity contribution in [3.05, 3.63) is 75.3 Å². The van der Waals surface area contributed by atoms with E-state index in [4.69, 9.17) is 0 Å². The van der Waals surface area contributed by atoms with E-state index in [1.807, 2.05) is 54.1 Å². The lowest BCUT2D eigenvalue weighted by atomic mass is 10.0. The van der Waals surface area contributed by atoms with Crippen molar-refractivity contribution in [3.8, 4) is 0 Å². The van der Waals surface area contributed by atoms with Crippen LogP contribution in [0, 0.1) is 0 Å². The molecule has 1 aliphatic rings. The van der Waals surface area contributed by atoms with Crippen LogP contribution in [0.2, 0.25) is 0 Å². The lowest BCUT2D eigenvalue weighted by molar-refractivity contribution is -0.115. The number of hydrogen-bond donors (Lipinski definition) is 1. The topological polar surface area (TPSA) is 53.8 Å². The van der Waals surface area contributed by atoms with Crippen molar-refractivity contribution in [1.29, 1.82) is 0 Å². The molecular weight excluding hydrogens is 362 g/mol. The zero-order chi connectivity index (χ0) is 17.9. The Morgan fingerprint density at radius 1 is 1.12 bits per heavy atom. The molecular formula is C20H15N3OS2. The Bertz CT molecular complexity index is 1060. The molecule has 1 fully saturated rings. The number of thioether (sulfide) groups is 1. The van der Waals surface area contributed by atoms with Crippen LogP contribution in [-0.4, -0.2) is 16.8 Å². The van der Waals surface area contributed by atoms with Crippen molar-refractivity contribution in [2.75, 3.05) is 0 Å². The van der Waals surface area contributed by atoms with Crippen LogP contribution in [0.4, 0.5) is 0 Å². The van der Waals surface area contributed by atoms with Crippen molar-refractivity contribution in [2.45, 2.75) is 6.92 Å². The standard InChI is InChI=1S/C20H15N3OS2/c1-13(16-8-4-6-15-5-2-3-7-17(15)16)22-23-20-21-19(24)18(26-20)11-14-9-10-25-12-14/h2-12H,1H3,(H,21,23,24)/b18-11+,22-13-. The van der Waals surface area contributed by atoms with Gasteiger partial charge in [0.05, 0.1) is 10.6 Å². The summed E-state index contributed by atoms with van der Waals surface area (Å²) in [4.78, 5) is 12.7. The van der Waals surface area contributed by atoms with Crippen LogP contribution in [0.25, 0.3) is 16.8 Å². The predicted molar refractivity (Wildman–Crippen MR) is 112 cm³/mol. The van der Waals surface area contributed by atoms with E-state index in [1.54, 1.807) is 11.3 Å². The monoisotopic (exact) mass is 377 g/mol. The zero-order valence-electron chi connectivity index (χ0n) is 14.0. The molecule has 0 aliphatic carbocycles. The molecule has 0 spiro atoms. The van der Waals surface area contributed by atoms with E-state index >= 15 is 0 Å². The van der Waals surface area contributed by atoms with Crippen LogP contribution in [0.15, 0.2) is 74.4 Å². The highest BCUT2D eigenvalue weighted by Gasteiger charge is 2.23. The van der Waals surface area contributed by atoms with Gasteiger partial charge in [0.2, 0.25) is 0 Å². The third-order valence-electron chi connectivity index (χ3n) is 3.96. The highest BCUT2D eigenvalue weighted by atomic mass is 32.2. The van der Waals surface area contributed by atoms with Gasteiger partial charge in [-0.1, -0.05) is 42.5 Å². The molecule has 0 radical (unpaired) electrons. The van der Waals surface area contributed by atoms with Crippen LogP contribution in [0.3, 0.4) is 0 Å². The molecule has 1 aliphatic heterocycles. The maximum absolute atomic E-state index is 12.1. The van der Waals surface area contributed by atoms with Crippen molar-refractivity contribution >= 4 is 56.7 Å². The van der Waals surface area contributed by atoms with Crippen LogP contribution in [-0.2, 0) is 4.79 Å². The molecule has 1 N–H and O–H groups in total. The maximum atomic E-state index is 12.1. The summed E-state index contributed by atoms with van der Waals surface area (Å²) >= 11 is 2.91. The molecule has 1 amide bonds. The highest BCUT2D eigenvalue weighted by molar-refractivity contribution is 8.18. The van der Waals surface area contributed by atoms with E-state index in [2.05, 4.69) is 33.7 Å². The van der Waals surface area contributed by atoms with Gasteiger partial charge in [0.1, 0.15) is 0 Å². The number of nitrogens with zero attached hydrogens (tertiary/aromatic N) is 2. The molecule has 2 aromatic carbocycles. The van der Waals surface area contributed by atoms with Crippen molar-refractivity contribution in [2.24, 2.45) is 10.2 Å². The van der Waals surface area contributed by atoms with Crippen LogP contribution in [0.5, 0.6) is 0 Å². The molecule has 0 unspecified atom stereocenters. The SMILES string of the molecule is C/C(=N/N=C1\NC(=O)/C(=C\c2ccsc2)S1)c1cccc2ccccc12. The van der Waals surface area contributed by atoms with E-state index in [1.165, 1.54) is 11.8 Å². The van der Waals surface area contributed by atoms with Gasteiger partial charge in [-0.3, -0.25) is 10.1 Å². The van der Waals surface area contributed by atoms with E-state index in [9.17, 15) is 4.79 Å². The first-order chi connectivity index (χ1) is 12.7. The zero-order valence-corrected chi connectivity index (χ0v) is 15.6. The van der Waals surface area contributed by atoms with Crippen molar-refractivity contribution < 1.29 is 4.79 Å². The van der Waals surface area contributed by atoms with Gasteiger partial charge in [-0.2, -0.15) is 16.4 Å². The molecule has 1 aromatic heterocycles. The third-order valence-corrected chi connectivity index (χ3v) is 5.56. The molecule has 26 heavy (non-hydrogen) atoms. The summed E-state index contributed by atoms with van der Waals surface area (Å²) in [5, 5.41) is 18.1. The number of carbonyl (C=O) groups excluding carboxylic acids is 1. The summed E-state index contributed by atoms with van der Waals surface area (Å²) < 4.78 is 0. The van der Waals surface area contributed by atoms with Crippen LogP contribution >= 0.6 is 23.1 Å². The van der Waals surface area contributed by atoms with Crippen molar-refractivity contribution in [1.82, 2.24) is 5.32 Å². The largest absolute Gasteiger partial charge is 0.299 e. The molecule has 4 nitrogen and oxygen atoms in total. The number of benzene rings is 2. The summed E-state index contributed by atoms with van der Waals surface area (Å²) in [5.41, 5.74) is 2.86. The maximum Gasteiger partial charge on any atom is 0.264 e. The number of nitrogens with one attached hydrogen (secondary N) is 1. The van der Waals surface area contributed by atoms with Gasteiger partial charge >= 0.3 is 0 Å². The average molecular weight is 377 g/mol. The highest BCUT2D eigenvalue weighted by Crippen LogP contribution is 2.27. The predicted octanol–water partition coefficient (Wildman–Crippen LogP) is 4.89. The van der Waals surface area contributed by atoms with Gasteiger partial charge in [0, 0.05) is 5.56 Å². The smallest absolute Gasteiger partial charge is 0.264 e. The Labute approximate surface area is 159 Å². The number of amides is 1. The Balaban J connectivity index is 1.60. The first-order valence-corrected chi connectivity index (χ1v) is 9.80. The number of thiophene rings is 1. The fourth-order valence-electron chi connectivity index (χ4n) is 2.70. The minimum absolute atomic E-state index is 0.141. The minimum Gasteiger partial charge on any atom is -0.299 e. The van der Waals surface area contributed by atoms with E-state index in [0.717, 1.165) is 27.6 Å². The second-order valence-corrected chi connectivity index (χ2v) is 7.55. The Morgan fingerprint density at radius 3 is 2.81 bits per heavy atom. The van der Waals surface area contributed by atoms with Gasteiger partial charge < -0.3 is 0 Å². The molecule has 0 atom stereocenters. The van der Waals surface area contributed by atoms with E-state index in [-0.39, 0.29) is 5.91 Å². The number of carbonyl (C=O) groups is 1. The third kappa shape index (κ3) is 3.47. The molecule has 4 rings (SSSR count). The van der Waals surface area contributed by atoms with Gasteiger partial charge in [-0.05, 0) is 57.9 Å². The second kappa shape index (κ2) is 7.27. The molecule has 128 valence electrons. The van der Waals surface area contributed by atoms with Gasteiger partial charge in [-0.15, -0.1) is 5.10 Å². The van der Waals surface area contributed by atoms with E-state index in [0.29, 0.717) is 10.1 Å². The first kappa shape index (κ1) is 16.8. The van der Waals surface area contributed by atoms with Gasteiger partial charge in [0.25, 0.3) is 5.91 Å². The normalized spacial score (nSPS) is 18.0. The molecule has 1 saturated heterocycles. The summed E-state index contributed by atoms with van der Waals surface area (Å²) in [5.74, 6) is -0.141. The van der Waals surface area contributed by atoms with Gasteiger partial charge in [-0.25, -0.2) is 0 Å². The second-order valence-electron chi connectivity index (χ2n) is 5.74. The number of fused-ring (bicyclic) bond motifs is 1. The summed E-state index contributed by atoms with van der Waals surface area (Å²) in [7, 11) is 0. The molecule has 3 aromatic rings. The molecule has 2 heterocycles. The summed E-state index contributed by atoms with van der Waals surface area (Å²) in [6, 6.07) is 16.3. The fraction of sp³-hybridized carbons (Fsp3) is 0.0500. The first-order valence-electron chi connectivity index (χ1n) is 8.04. The lowest BCUT2D eigenvalue weighted by Crippen LogP contribution is -2.19. The Hall–Kier alpha value is -2.70. The quantitative estimate of drug-likeness (QED) is 0.402. The minimum atomic E-state index is -0.141. The lowest BCUT2D eigenvalue weighted by Gasteiger charge is -2.04. The molecule has 0 saturated carbocycles. The number of rotatable bonds is 3. The van der Waals surface area contributed by atoms with E-state index < -0.39 is 0 Å². The Morgan fingerprint density at radius 2 is 1.96 bits per heavy atom. The fourth-order valence-corrected chi connectivity index (χ4v) is 4.09. The molecule has 6 heteroatoms. The van der Waals surface area contributed by atoms with Crippen LogP contribution in [0.1, 0.15) is 18.1 Å². The van der Waals surface area contributed by atoms with Gasteiger partial charge in [0.15, 0.2) is 5.17 Å². The Kier molecular flexibility index (Phi) is 4.69. The molecule has 0 bridgehead atoms.